The van der Waals surface area contributed by atoms with E-state index in [9.17, 15) is 19.0 Å². The average Bonchev–Trinajstić information content (AvgIpc) is 3.12. The van der Waals surface area contributed by atoms with Gasteiger partial charge in [0.25, 0.3) is 0 Å². The van der Waals surface area contributed by atoms with Gasteiger partial charge in [-0.25, -0.2) is 4.57 Å². The van der Waals surface area contributed by atoms with Crippen molar-refractivity contribution in [3.05, 3.63) is 72.9 Å². The van der Waals surface area contributed by atoms with Crippen LogP contribution in [0.4, 0.5) is 0 Å². The number of carbonyl (C=O) groups excluding carboxylic acids is 2. The first-order valence-electron chi connectivity index (χ1n) is 20.7. The van der Waals surface area contributed by atoms with Crippen molar-refractivity contribution < 1.29 is 42.1 Å². The fraction of sp³-hybridized carbons (Fsp3) is 0.682. The van der Waals surface area contributed by atoms with Crippen LogP contribution in [0.2, 0.25) is 0 Å². The van der Waals surface area contributed by atoms with Crippen LogP contribution in [0.5, 0.6) is 0 Å². The summed E-state index contributed by atoms with van der Waals surface area (Å²) < 4.78 is 34.1. The van der Waals surface area contributed by atoms with Crippen molar-refractivity contribution in [3.63, 3.8) is 0 Å². The standard InChI is InChI=1S/C44H76NO8P/c1-6-8-10-12-14-16-18-19-20-21-22-23-24-25-27-29-31-33-35-37-44(47)53-42(41-52-54(48,49)51-39-38-45(3,4)5)40-50-43(46)36-34-32-30-28-26-17-15-13-11-9-7-2/h8,10,14,16,19-20,22-23,25,27,31,33,42H,6-7,9,11-13,15,17-18,21,24,26,28-30,32,34-41H2,1-5H3/p+1/b10-8-,16-14-,20-19-,23-22-,27-25-,33-31-. The summed E-state index contributed by atoms with van der Waals surface area (Å²) in [7, 11) is 1.42. The molecule has 310 valence electrons. The predicted molar refractivity (Wildman–Crippen MR) is 224 cm³/mol. The molecule has 54 heavy (non-hydrogen) atoms. The van der Waals surface area contributed by atoms with E-state index in [0.717, 1.165) is 57.8 Å². The van der Waals surface area contributed by atoms with Crippen LogP contribution in [0.3, 0.4) is 0 Å². The minimum Gasteiger partial charge on any atom is -0.462 e. The van der Waals surface area contributed by atoms with Crippen molar-refractivity contribution in [1.82, 2.24) is 0 Å². The number of ether oxygens (including phenoxy) is 2. The summed E-state index contributed by atoms with van der Waals surface area (Å²) in [6.07, 6.45) is 44.0. The minimum atomic E-state index is -4.39. The summed E-state index contributed by atoms with van der Waals surface area (Å²) in [4.78, 5) is 35.2. The second-order valence-electron chi connectivity index (χ2n) is 14.6. The van der Waals surface area contributed by atoms with Crippen molar-refractivity contribution in [1.29, 1.82) is 0 Å². The summed E-state index contributed by atoms with van der Waals surface area (Å²) in [6, 6.07) is 0. The first-order valence-corrected chi connectivity index (χ1v) is 22.2. The number of hydrogen-bond acceptors (Lipinski definition) is 7. The maximum atomic E-state index is 12.6. The average molecular weight is 779 g/mol. The van der Waals surface area contributed by atoms with E-state index < -0.39 is 32.5 Å². The lowest BCUT2D eigenvalue weighted by Crippen LogP contribution is -2.37. The lowest BCUT2D eigenvalue weighted by molar-refractivity contribution is -0.870. The number of allylic oxidation sites excluding steroid dienone is 12. The Morgan fingerprint density at radius 2 is 1.06 bits per heavy atom. The van der Waals surface area contributed by atoms with E-state index in [4.69, 9.17) is 18.5 Å². The molecule has 0 aliphatic carbocycles. The monoisotopic (exact) mass is 779 g/mol. The van der Waals surface area contributed by atoms with Gasteiger partial charge in [-0.15, -0.1) is 0 Å². The third kappa shape index (κ3) is 39.2. The first kappa shape index (κ1) is 51.5. The number of nitrogens with zero attached hydrogens (tertiary/aromatic N) is 1. The molecule has 0 saturated carbocycles. The molecule has 0 aliphatic heterocycles. The summed E-state index contributed by atoms with van der Waals surface area (Å²) >= 11 is 0. The highest BCUT2D eigenvalue weighted by molar-refractivity contribution is 7.47. The van der Waals surface area contributed by atoms with Crippen molar-refractivity contribution in [2.24, 2.45) is 0 Å². The number of unbranched alkanes of at least 4 members (excludes halogenated alkanes) is 10. The molecule has 2 atom stereocenters. The van der Waals surface area contributed by atoms with Gasteiger partial charge >= 0.3 is 19.8 Å². The lowest BCUT2D eigenvalue weighted by atomic mass is 10.1. The molecular weight excluding hydrogens is 701 g/mol. The molecule has 0 aromatic rings. The Hall–Kier alpha value is -2.55. The molecule has 0 rings (SSSR count). The van der Waals surface area contributed by atoms with Gasteiger partial charge in [-0.05, 0) is 51.4 Å². The van der Waals surface area contributed by atoms with Crippen molar-refractivity contribution in [2.45, 2.75) is 148 Å². The number of phosphoric ester groups is 1. The summed E-state index contributed by atoms with van der Waals surface area (Å²) in [6.45, 7) is 4.19. The smallest absolute Gasteiger partial charge is 0.462 e. The van der Waals surface area contributed by atoms with E-state index >= 15 is 0 Å². The lowest BCUT2D eigenvalue weighted by Gasteiger charge is -2.24. The molecule has 1 N–H and O–H groups in total. The van der Waals surface area contributed by atoms with Gasteiger partial charge in [0.05, 0.1) is 27.7 Å². The Labute approximate surface area is 329 Å². The van der Waals surface area contributed by atoms with Crippen LogP contribution >= 0.6 is 7.82 Å². The van der Waals surface area contributed by atoms with Crippen molar-refractivity contribution in [3.8, 4) is 0 Å². The van der Waals surface area contributed by atoms with Crippen LogP contribution in [-0.4, -0.2) is 74.9 Å². The van der Waals surface area contributed by atoms with Crippen LogP contribution in [0.25, 0.3) is 0 Å². The third-order valence-electron chi connectivity index (χ3n) is 8.26. The second-order valence-corrected chi connectivity index (χ2v) is 16.1. The molecule has 0 fully saturated rings. The number of hydrogen-bond donors (Lipinski definition) is 1. The molecule has 0 spiro atoms. The number of carbonyl (C=O) groups is 2. The van der Waals surface area contributed by atoms with Gasteiger partial charge < -0.3 is 18.9 Å². The van der Waals surface area contributed by atoms with Gasteiger partial charge in [-0.3, -0.25) is 18.6 Å². The molecular formula is C44H77NO8P+. The number of esters is 2. The topological polar surface area (TPSA) is 108 Å². The van der Waals surface area contributed by atoms with Crippen LogP contribution in [-0.2, 0) is 32.7 Å². The molecule has 2 unspecified atom stereocenters. The molecule has 0 saturated heterocycles. The summed E-state index contributed by atoms with van der Waals surface area (Å²) in [5, 5.41) is 0. The predicted octanol–water partition coefficient (Wildman–Crippen LogP) is 11.5. The molecule has 0 aromatic heterocycles. The largest absolute Gasteiger partial charge is 0.472 e. The van der Waals surface area contributed by atoms with Gasteiger partial charge in [0.1, 0.15) is 19.8 Å². The van der Waals surface area contributed by atoms with Gasteiger partial charge in [0.2, 0.25) is 0 Å². The molecule has 0 amide bonds. The highest BCUT2D eigenvalue weighted by Crippen LogP contribution is 2.43. The number of rotatable bonds is 36. The van der Waals surface area contributed by atoms with E-state index in [-0.39, 0.29) is 26.1 Å². The van der Waals surface area contributed by atoms with Crippen LogP contribution in [0, 0.1) is 0 Å². The zero-order valence-corrected chi connectivity index (χ0v) is 35.6. The minimum absolute atomic E-state index is 0.0155. The molecule has 10 heteroatoms. The molecule has 0 radical (unpaired) electrons. The second kappa shape index (κ2) is 36.1. The molecule has 0 aromatic carbocycles. The van der Waals surface area contributed by atoms with Gasteiger partial charge in [-0.1, -0.05) is 151 Å². The fourth-order valence-electron chi connectivity index (χ4n) is 5.04. The van der Waals surface area contributed by atoms with E-state index in [2.05, 4.69) is 74.6 Å². The zero-order chi connectivity index (χ0) is 40.0. The molecule has 0 heterocycles. The van der Waals surface area contributed by atoms with Crippen LogP contribution in [0.1, 0.15) is 142 Å². The van der Waals surface area contributed by atoms with E-state index in [1.807, 2.05) is 33.3 Å². The van der Waals surface area contributed by atoms with Gasteiger partial charge in [0, 0.05) is 12.8 Å². The Balaban J connectivity index is 4.54. The number of likely N-dealkylation sites (N-methyl/N-ethyl adjacent to an activating group) is 1. The van der Waals surface area contributed by atoms with E-state index in [1.165, 1.54) is 51.4 Å². The third-order valence-corrected chi connectivity index (χ3v) is 9.25. The Morgan fingerprint density at radius 1 is 0.593 bits per heavy atom. The summed E-state index contributed by atoms with van der Waals surface area (Å²) in [5.41, 5.74) is 0. The zero-order valence-electron chi connectivity index (χ0n) is 34.7. The number of quaternary nitrogens is 1. The fourth-order valence-corrected chi connectivity index (χ4v) is 5.78. The van der Waals surface area contributed by atoms with Crippen LogP contribution in [0.15, 0.2) is 72.9 Å². The SMILES string of the molecule is CC/C=C\C/C=C\C/C=C\C/C=C\C/C=C\C/C=C\CCC(=O)OC(COC(=O)CCCCCCCCCCCCC)COP(=O)(O)OCC[N+](C)(C)C. The van der Waals surface area contributed by atoms with Crippen molar-refractivity contribution >= 4 is 19.8 Å². The van der Waals surface area contributed by atoms with Crippen molar-refractivity contribution in [2.75, 3.05) is 47.5 Å². The maximum Gasteiger partial charge on any atom is 0.472 e. The van der Waals surface area contributed by atoms with E-state index in [1.54, 1.807) is 0 Å². The normalized spacial score (nSPS) is 14.4. The van der Waals surface area contributed by atoms with Crippen LogP contribution < -0.4 is 0 Å². The Morgan fingerprint density at radius 3 is 1.54 bits per heavy atom. The molecule has 0 aliphatic rings. The Bertz CT molecular complexity index is 1150. The highest BCUT2D eigenvalue weighted by Gasteiger charge is 2.27. The van der Waals surface area contributed by atoms with Gasteiger partial charge in [0.15, 0.2) is 6.10 Å². The van der Waals surface area contributed by atoms with E-state index in [0.29, 0.717) is 17.4 Å². The Kier molecular flexibility index (Phi) is 34.4. The summed E-state index contributed by atoms with van der Waals surface area (Å²) in [5.74, 6) is -0.903. The highest BCUT2D eigenvalue weighted by atomic mass is 31.2. The van der Waals surface area contributed by atoms with Gasteiger partial charge in [-0.2, -0.15) is 0 Å². The molecule has 9 nitrogen and oxygen atoms in total. The first-order chi connectivity index (χ1) is 26.0. The number of phosphoric acid groups is 1. The quantitative estimate of drug-likeness (QED) is 0.0220. The maximum absolute atomic E-state index is 12.6. The molecule has 0 bridgehead atoms.